The van der Waals surface area contributed by atoms with Crippen LogP contribution in [0.25, 0.3) is 32.9 Å². The summed E-state index contributed by atoms with van der Waals surface area (Å²) in [5, 5.41) is 2.98. The molecule has 0 fully saturated rings. The molecule has 0 unspecified atom stereocenters. The summed E-state index contributed by atoms with van der Waals surface area (Å²) < 4.78 is 7.64. The third kappa shape index (κ3) is 3.79. The Morgan fingerprint density at radius 3 is 2.50 bits per heavy atom. The normalized spacial score (nSPS) is 11.3. The molecular formula is C28H22Cl2N2O2. The van der Waals surface area contributed by atoms with Crippen molar-refractivity contribution >= 4 is 50.9 Å². The van der Waals surface area contributed by atoms with Gasteiger partial charge in [0.1, 0.15) is 5.75 Å². The zero-order valence-corrected chi connectivity index (χ0v) is 20.2. The fraction of sp³-hybridized carbons (Fsp3) is 0.107. The Kier molecular flexibility index (Phi) is 5.72. The summed E-state index contributed by atoms with van der Waals surface area (Å²) in [6.07, 6.45) is 0. The number of aryl methyl sites for hydroxylation is 1. The minimum Gasteiger partial charge on any atom is -0.496 e. The van der Waals surface area contributed by atoms with Gasteiger partial charge in [0.2, 0.25) is 5.91 Å². The summed E-state index contributed by atoms with van der Waals surface area (Å²) >= 11 is 12.6. The number of aromatic nitrogens is 1. The van der Waals surface area contributed by atoms with Gasteiger partial charge in [0, 0.05) is 38.5 Å². The number of fused-ring (bicyclic) bond motifs is 3. The van der Waals surface area contributed by atoms with Gasteiger partial charge in [-0.25, -0.2) is 0 Å². The van der Waals surface area contributed by atoms with Crippen molar-refractivity contribution in [1.82, 2.24) is 4.57 Å². The van der Waals surface area contributed by atoms with Crippen LogP contribution in [0, 0.1) is 6.92 Å². The van der Waals surface area contributed by atoms with Crippen LogP contribution in [0.3, 0.4) is 0 Å². The molecule has 1 amide bonds. The van der Waals surface area contributed by atoms with E-state index in [-0.39, 0.29) is 0 Å². The quantitative estimate of drug-likeness (QED) is 0.283. The predicted molar refractivity (Wildman–Crippen MR) is 140 cm³/mol. The first-order valence-corrected chi connectivity index (χ1v) is 11.6. The van der Waals surface area contributed by atoms with Crippen molar-refractivity contribution in [2.24, 2.45) is 5.73 Å². The number of halogens is 2. The molecule has 0 radical (unpaired) electrons. The summed E-state index contributed by atoms with van der Waals surface area (Å²) in [6, 6.07) is 23.4. The van der Waals surface area contributed by atoms with Crippen molar-refractivity contribution in [2.45, 2.75) is 13.5 Å². The maximum Gasteiger partial charge on any atom is 0.249 e. The number of ether oxygens (including phenoxy) is 1. The second kappa shape index (κ2) is 8.71. The second-order valence-electron chi connectivity index (χ2n) is 8.31. The van der Waals surface area contributed by atoms with Gasteiger partial charge in [0.25, 0.3) is 0 Å². The summed E-state index contributed by atoms with van der Waals surface area (Å²) in [6.45, 7) is 2.64. The Morgan fingerprint density at radius 1 is 0.971 bits per heavy atom. The van der Waals surface area contributed by atoms with Crippen LogP contribution in [-0.4, -0.2) is 17.6 Å². The molecule has 170 valence electrons. The zero-order valence-electron chi connectivity index (χ0n) is 18.7. The van der Waals surface area contributed by atoms with Gasteiger partial charge in [-0.2, -0.15) is 0 Å². The number of hydrogen-bond acceptors (Lipinski definition) is 2. The first-order chi connectivity index (χ1) is 16.4. The number of nitrogens with two attached hydrogens (primary N) is 1. The first-order valence-electron chi connectivity index (χ1n) is 10.8. The van der Waals surface area contributed by atoms with Gasteiger partial charge in [-0.1, -0.05) is 59.6 Å². The maximum atomic E-state index is 12.3. The van der Waals surface area contributed by atoms with Gasteiger partial charge < -0.3 is 15.0 Å². The van der Waals surface area contributed by atoms with Gasteiger partial charge in [-0.05, 0) is 60.0 Å². The van der Waals surface area contributed by atoms with Crippen molar-refractivity contribution in [3.05, 3.63) is 99.5 Å². The topological polar surface area (TPSA) is 57.2 Å². The molecule has 0 saturated heterocycles. The van der Waals surface area contributed by atoms with Gasteiger partial charge in [-0.3, -0.25) is 4.79 Å². The molecule has 4 nitrogen and oxygen atoms in total. The fourth-order valence-corrected chi connectivity index (χ4v) is 5.15. The molecule has 0 aliphatic rings. The largest absolute Gasteiger partial charge is 0.496 e. The molecule has 0 aliphatic carbocycles. The summed E-state index contributed by atoms with van der Waals surface area (Å²) in [4.78, 5) is 12.3. The monoisotopic (exact) mass is 488 g/mol. The number of nitrogens with zero attached hydrogens (tertiary/aromatic N) is 1. The molecule has 34 heavy (non-hydrogen) atoms. The lowest BCUT2D eigenvalue weighted by Crippen LogP contribution is -2.11. The molecule has 0 bridgehead atoms. The van der Waals surface area contributed by atoms with E-state index in [0.29, 0.717) is 22.2 Å². The number of primary amides is 1. The molecular weight excluding hydrogens is 467 g/mol. The lowest BCUT2D eigenvalue weighted by atomic mass is 10.0. The average molecular weight is 489 g/mol. The van der Waals surface area contributed by atoms with E-state index in [2.05, 4.69) is 22.8 Å². The second-order valence-corrected chi connectivity index (χ2v) is 9.15. The van der Waals surface area contributed by atoms with Crippen molar-refractivity contribution in [3.8, 4) is 16.9 Å². The number of amides is 1. The van der Waals surface area contributed by atoms with Gasteiger partial charge in [0.15, 0.2) is 0 Å². The van der Waals surface area contributed by atoms with Crippen LogP contribution in [0.5, 0.6) is 5.75 Å². The van der Waals surface area contributed by atoms with Crippen molar-refractivity contribution < 1.29 is 9.53 Å². The highest BCUT2D eigenvalue weighted by molar-refractivity contribution is 6.36. The number of methoxy groups -OCH3 is 1. The minimum atomic E-state index is -0.449. The number of rotatable bonds is 5. The summed E-state index contributed by atoms with van der Waals surface area (Å²) in [5.74, 6) is 0.399. The highest BCUT2D eigenvalue weighted by Crippen LogP contribution is 2.37. The Bertz CT molecular complexity index is 1590. The SMILES string of the molecule is COc1ccc(Cn2c3cc(-c4ccc(Cl)cc4Cl)ccc3c3c(C(N)=O)cccc32)cc1C. The van der Waals surface area contributed by atoms with E-state index in [1.54, 1.807) is 19.2 Å². The van der Waals surface area contributed by atoms with Gasteiger partial charge in [-0.15, -0.1) is 0 Å². The lowest BCUT2D eigenvalue weighted by Gasteiger charge is -2.12. The van der Waals surface area contributed by atoms with E-state index in [1.807, 2.05) is 49.4 Å². The smallest absolute Gasteiger partial charge is 0.249 e. The number of carbonyl (C=O) groups is 1. The fourth-order valence-electron chi connectivity index (χ4n) is 4.63. The molecule has 1 heterocycles. The molecule has 5 aromatic rings. The molecule has 0 saturated carbocycles. The van der Waals surface area contributed by atoms with E-state index in [1.165, 1.54) is 0 Å². The van der Waals surface area contributed by atoms with Crippen LogP contribution >= 0.6 is 23.2 Å². The Labute approximate surface area is 207 Å². The Hall–Kier alpha value is -3.47. The average Bonchev–Trinajstić information content (AvgIpc) is 3.12. The molecule has 0 atom stereocenters. The summed E-state index contributed by atoms with van der Waals surface area (Å²) in [5.41, 5.74) is 12.2. The van der Waals surface area contributed by atoms with Crippen molar-refractivity contribution in [3.63, 3.8) is 0 Å². The van der Waals surface area contributed by atoms with E-state index in [0.717, 1.165) is 49.8 Å². The van der Waals surface area contributed by atoms with Crippen LogP contribution in [-0.2, 0) is 6.54 Å². The van der Waals surface area contributed by atoms with E-state index >= 15 is 0 Å². The molecule has 1 aromatic heterocycles. The van der Waals surface area contributed by atoms with Crippen LogP contribution in [0.2, 0.25) is 10.0 Å². The van der Waals surface area contributed by atoms with Crippen molar-refractivity contribution in [2.75, 3.05) is 7.11 Å². The number of carbonyl (C=O) groups excluding carboxylic acids is 1. The number of hydrogen-bond donors (Lipinski definition) is 1. The van der Waals surface area contributed by atoms with E-state index < -0.39 is 5.91 Å². The van der Waals surface area contributed by atoms with Crippen LogP contribution in [0.15, 0.2) is 72.8 Å². The standard InChI is InChI=1S/C28H22Cl2N2O2/c1-16-12-17(6-11-26(16)34-2)15-32-24-5-3-4-22(28(31)33)27(24)21-9-7-18(13-25(21)32)20-10-8-19(29)14-23(20)30/h3-14H,15H2,1-2H3,(H2,31,33). The van der Waals surface area contributed by atoms with Crippen LogP contribution < -0.4 is 10.5 Å². The van der Waals surface area contributed by atoms with Gasteiger partial charge in [0.05, 0.1) is 18.1 Å². The summed E-state index contributed by atoms with van der Waals surface area (Å²) in [7, 11) is 1.67. The van der Waals surface area contributed by atoms with E-state index in [4.69, 9.17) is 33.7 Å². The molecule has 5 rings (SSSR count). The van der Waals surface area contributed by atoms with E-state index in [9.17, 15) is 4.79 Å². The molecule has 6 heteroatoms. The number of benzene rings is 4. The highest BCUT2D eigenvalue weighted by Gasteiger charge is 2.18. The Balaban J connectivity index is 1.77. The molecule has 0 spiro atoms. The highest BCUT2D eigenvalue weighted by atomic mass is 35.5. The molecule has 0 aliphatic heterocycles. The third-order valence-corrected chi connectivity index (χ3v) is 6.75. The molecule has 2 N–H and O–H groups in total. The van der Waals surface area contributed by atoms with Crippen molar-refractivity contribution in [1.29, 1.82) is 0 Å². The first kappa shape index (κ1) is 22.3. The predicted octanol–water partition coefficient (Wildman–Crippen LogP) is 7.23. The molecule has 4 aromatic carbocycles. The van der Waals surface area contributed by atoms with Crippen LogP contribution in [0.1, 0.15) is 21.5 Å². The Morgan fingerprint density at radius 2 is 1.79 bits per heavy atom. The zero-order chi connectivity index (χ0) is 24.0. The van der Waals surface area contributed by atoms with Gasteiger partial charge >= 0.3 is 0 Å². The lowest BCUT2D eigenvalue weighted by molar-refractivity contribution is 0.100. The maximum absolute atomic E-state index is 12.3. The third-order valence-electron chi connectivity index (χ3n) is 6.20. The minimum absolute atomic E-state index is 0.449. The van der Waals surface area contributed by atoms with Crippen LogP contribution in [0.4, 0.5) is 0 Å².